The largest absolute Gasteiger partial charge is 0.256 e. The third kappa shape index (κ3) is 4.22. The van der Waals surface area contributed by atoms with E-state index >= 15 is 0 Å². The molecule has 0 saturated carbocycles. The van der Waals surface area contributed by atoms with Crippen molar-refractivity contribution in [3.63, 3.8) is 0 Å². The van der Waals surface area contributed by atoms with Crippen LogP contribution < -0.4 is 0 Å². The fraction of sp³-hybridized carbons (Fsp3) is 0.269. The van der Waals surface area contributed by atoms with Crippen LogP contribution in [0.5, 0.6) is 0 Å². The van der Waals surface area contributed by atoms with Crippen LogP contribution in [0.25, 0.3) is 11.1 Å². The monoisotopic (exact) mass is 373 g/mol. The second-order valence-electron chi connectivity index (χ2n) is 7.90. The lowest BCUT2D eigenvalue weighted by molar-refractivity contribution is 0.628. The summed E-state index contributed by atoms with van der Waals surface area (Å²) in [4.78, 5) is 4.97. The maximum Gasteiger partial charge on any atom is 0.123 e. The lowest BCUT2D eigenvalue weighted by Crippen LogP contribution is -1.97. The average molecular weight is 374 g/mol. The molecular weight excluding hydrogens is 345 g/mol. The van der Waals surface area contributed by atoms with Crippen molar-refractivity contribution in [3.8, 4) is 11.1 Å². The van der Waals surface area contributed by atoms with Crippen LogP contribution in [-0.2, 0) is 0 Å². The molecule has 0 radical (unpaired) electrons. The third-order valence-corrected chi connectivity index (χ3v) is 5.12. The van der Waals surface area contributed by atoms with E-state index in [1.807, 2.05) is 24.4 Å². The highest BCUT2D eigenvalue weighted by atomic mass is 19.1. The summed E-state index contributed by atoms with van der Waals surface area (Å²) in [5, 5.41) is 0. The Morgan fingerprint density at radius 1 is 0.821 bits per heavy atom. The van der Waals surface area contributed by atoms with Gasteiger partial charge in [-0.25, -0.2) is 4.39 Å². The van der Waals surface area contributed by atoms with Crippen LogP contribution in [0.4, 0.5) is 10.1 Å². The van der Waals surface area contributed by atoms with Crippen molar-refractivity contribution < 1.29 is 4.39 Å². The molecule has 28 heavy (non-hydrogen) atoms. The highest BCUT2D eigenvalue weighted by Gasteiger charge is 2.13. The summed E-state index contributed by atoms with van der Waals surface area (Å²) in [6.45, 7) is 10.9. The van der Waals surface area contributed by atoms with Crippen molar-refractivity contribution in [1.82, 2.24) is 0 Å². The minimum absolute atomic E-state index is 0.228. The van der Waals surface area contributed by atoms with Gasteiger partial charge in [0, 0.05) is 11.8 Å². The summed E-state index contributed by atoms with van der Waals surface area (Å²) in [6, 6.07) is 19.3. The molecule has 0 aliphatic heterocycles. The standard InChI is InChI=1S/C26H28FN/c1-17(2)22-12-8-13-23(18(3)4)26(22)28-16-25-19(5)9-6-14-24(25)20-10-7-11-21(27)15-20/h6-18H,1-5H3. The zero-order valence-corrected chi connectivity index (χ0v) is 17.3. The second-order valence-corrected chi connectivity index (χ2v) is 7.90. The van der Waals surface area contributed by atoms with Crippen LogP contribution in [0.2, 0.25) is 0 Å². The molecule has 0 amide bonds. The van der Waals surface area contributed by atoms with E-state index in [1.54, 1.807) is 12.1 Å². The Balaban J connectivity index is 2.15. The maximum absolute atomic E-state index is 13.8. The SMILES string of the molecule is Cc1cccc(-c2cccc(F)c2)c1C=Nc1c(C(C)C)cccc1C(C)C. The normalized spacial score (nSPS) is 11.7. The van der Waals surface area contributed by atoms with E-state index in [9.17, 15) is 4.39 Å². The Morgan fingerprint density at radius 3 is 2.04 bits per heavy atom. The molecule has 0 atom stereocenters. The molecule has 0 spiro atoms. The van der Waals surface area contributed by atoms with Crippen molar-refractivity contribution in [2.24, 2.45) is 4.99 Å². The zero-order chi connectivity index (χ0) is 20.3. The minimum atomic E-state index is -0.228. The zero-order valence-electron chi connectivity index (χ0n) is 17.3. The fourth-order valence-electron chi connectivity index (χ4n) is 3.55. The first kappa shape index (κ1) is 20.0. The molecule has 0 aromatic heterocycles. The molecule has 1 nitrogen and oxygen atoms in total. The summed E-state index contributed by atoms with van der Waals surface area (Å²) < 4.78 is 13.8. The average Bonchev–Trinajstić information content (AvgIpc) is 2.66. The van der Waals surface area contributed by atoms with Crippen LogP contribution >= 0.6 is 0 Å². The Labute approximate surface area is 168 Å². The van der Waals surface area contributed by atoms with Gasteiger partial charge in [0.1, 0.15) is 5.82 Å². The predicted molar refractivity (Wildman–Crippen MR) is 118 cm³/mol. The van der Waals surface area contributed by atoms with E-state index in [1.165, 1.54) is 17.2 Å². The molecule has 3 aromatic rings. The molecule has 0 aliphatic rings. The van der Waals surface area contributed by atoms with Crippen molar-refractivity contribution in [2.45, 2.75) is 46.5 Å². The van der Waals surface area contributed by atoms with E-state index in [4.69, 9.17) is 4.99 Å². The third-order valence-electron chi connectivity index (χ3n) is 5.12. The lowest BCUT2D eigenvalue weighted by Gasteiger charge is -2.16. The minimum Gasteiger partial charge on any atom is -0.256 e. The molecular formula is C26H28FN. The summed E-state index contributed by atoms with van der Waals surface area (Å²) in [7, 11) is 0. The quantitative estimate of drug-likeness (QED) is 0.405. The Kier molecular flexibility index (Phi) is 6.08. The smallest absolute Gasteiger partial charge is 0.123 e. The number of halogens is 1. The topological polar surface area (TPSA) is 12.4 Å². The van der Waals surface area contributed by atoms with Crippen molar-refractivity contribution in [1.29, 1.82) is 0 Å². The van der Waals surface area contributed by atoms with Gasteiger partial charge in [-0.05, 0) is 58.7 Å². The molecule has 0 fully saturated rings. The summed E-state index contributed by atoms with van der Waals surface area (Å²) >= 11 is 0. The Bertz CT molecular complexity index is 973. The lowest BCUT2D eigenvalue weighted by atomic mass is 9.92. The van der Waals surface area contributed by atoms with Gasteiger partial charge in [0.05, 0.1) is 5.69 Å². The number of hydrogen-bond acceptors (Lipinski definition) is 1. The van der Waals surface area contributed by atoms with Gasteiger partial charge in [-0.1, -0.05) is 76.2 Å². The van der Waals surface area contributed by atoms with E-state index in [2.05, 4.69) is 58.9 Å². The van der Waals surface area contributed by atoms with Crippen molar-refractivity contribution in [2.75, 3.05) is 0 Å². The van der Waals surface area contributed by atoms with Gasteiger partial charge in [0.2, 0.25) is 0 Å². The van der Waals surface area contributed by atoms with Crippen LogP contribution in [0.15, 0.2) is 65.7 Å². The molecule has 3 rings (SSSR count). The van der Waals surface area contributed by atoms with Gasteiger partial charge in [-0.15, -0.1) is 0 Å². The number of para-hydroxylation sites is 1. The van der Waals surface area contributed by atoms with Crippen LogP contribution in [0.1, 0.15) is 61.8 Å². The number of benzene rings is 3. The van der Waals surface area contributed by atoms with Crippen molar-refractivity contribution in [3.05, 3.63) is 88.7 Å². The molecule has 0 N–H and O–H groups in total. The summed E-state index contributed by atoms with van der Waals surface area (Å²) in [5.41, 5.74) is 7.58. The van der Waals surface area contributed by atoms with Gasteiger partial charge in [0.15, 0.2) is 0 Å². The van der Waals surface area contributed by atoms with E-state index in [-0.39, 0.29) is 5.82 Å². The number of hydrogen-bond donors (Lipinski definition) is 0. The highest BCUT2D eigenvalue weighted by molar-refractivity contribution is 5.93. The summed E-state index contributed by atoms with van der Waals surface area (Å²) in [6.07, 6.45) is 1.95. The van der Waals surface area contributed by atoms with Gasteiger partial charge in [0.25, 0.3) is 0 Å². The molecule has 0 bridgehead atoms. The molecule has 3 aromatic carbocycles. The first-order valence-corrected chi connectivity index (χ1v) is 9.91. The Hall–Kier alpha value is -2.74. The number of nitrogens with zero attached hydrogens (tertiary/aromatic N) is 1. The van der Waals surface area contributed by atoms with Crippen LogP contribution in [-0.4, -0.2) is 6.21 Å². The Morgan fingerprint density at radius 2 is 1.43 bits per heavy atom. The molecule has 0 unspecified atom stereocenters. The van der Waals surface area contributed by atoms with Crippen molar-refractivity contribution >= 4 is 11.9 Å². The van der Waals surface area contributed by atoms with E-state index in [0.29, 0.717) is 11.8 Å². The van der Waals surface area contributed by atoms with E-state index < -0.39 is 0 Å². The molecule has 0 aliphatic carbocycles. The first-order valence-electron chi connectivity index (χ1n) is 9.91. The second kappa shape index (κ2) is 8.52. The van der Waals surface area contributed by atoms with Gasteiger partial charge >= 0.3 is 0 Å². The van der Waals surface area contributed by atoms with E-state index in [0.717, 1.165) is 27.9 Å². The molecule has 0 heterocycles. The van der Waals surface area contributed by atoms with Crippen LogP contribution in [0, 0.1) is 12.7 Å². The highest BCUT2D eigenvalue weighted by Crippen LogP contribution is 2.35. The van der Waals surface area contributed by atoms with Gasteiger partial charge in [-0.2, -0.15) is 0 Å². The molecule has 0 saturated heterocycles. The number of aryl methyl sites for hydroxylation is 1. The first-order chi connectivity index (χ1) is 13.4. The maximum atomic E-state index is 13.8. The molecule has 2 heteroatoms. The predicted octanol–water partition coefficient (Wildman–Crippen LogP) is 7.80. The number of aliphatic imine (C=N–C) groups is 1. The number of rotatable bonds is 5. The van der Waals surface area contributed by atoms with Crippen LogP contribution in [0.3, 0.4) is 0 Å². The fourth-order valence-corrected chi connectivity index (χ4v) is 3.55. The van der Waals surface area contributed by atoms with Gasteiger partial charge in [-0.3, -0.25) is 4.99 Å². The summed E-state index contributed by atoms with van der Waals surface area (Å²) in [5.74, 6) is 0.560. The molecule has 144 valence electrons. The van der Waals surface area contributed by atoms with Gasteiger partial charge < -0.3 is 0 Å².